The first-order valence-corrected chi connectivity index (χ1v) is 9.65. The number of pyridine rings is 1. The van der Waals surface area contributed by atoms with E-state index in [1.54, 1.807) is 7.11 Å². The SMILES string of the molecule is COCCC(=O)N1CC2CC(C1)c1ccc(-c3ccccc3C)c(=O)n1C2. The maximum Gasteiger partial charge on any atom is 0.258 e. The van der Waals surface area contributed by atoms with Crippen LogP contribution in [0.5, 0.6) is 0 Å². The van der Waals surface area contributed by atoms with Gasteiger partial charge in [-0.3, -0.25) is 9.59 Å². The second-order valence-electron chi connectivity index (χ2n) is 7.74. The summed E-state index contributed by atoms with van der Waals surface area (Å²) in [5, 5.41) is 0. The van der Waals surface area contributed by atoms with E-state index in [1.807, 2.05) is 46.7 Å². The zero-order valence-corrected chi connectivity index (χ0v) is 16.0. The van der Waals surface area contributed by atoms with Crippen LogP contribution >= 0.6 is 0 Å². The highest BCUT2D eigenvalue weighted by Crippen LogP contribution is 2.36. The molecule has 142 valence electrons. The van der Waals surface area contributed by atoms with E-state index in [2.05, 4.69) is 6.07 Å². The molecule has 0 N–H and O–H groups in total. The van der Waals surface area contributed by atoms with Gasteiger partial charge in [-0.1, -0.05) is 24.3 Å². The molecule has 0 spiro atoms. The number of benzene rings is 1. The summed E-state index contributed by atoms with van der Waals surface area (Å²) in [5.41, 5.74) is 4.05. The number of carbonyl (C=O) groups is 1. The zero-order valence-electron chi connectivity index (χ0n) is 16.0. The van der Waals surface area contributed by atoms with Crippen LogP contribution < -0.4 is 5.56 Å². The van der Waals surface area contributed by atoms with E-state index in [9.17, 15) is 9.59 Å². The normalized spacial score (nSPS) is 21.0. The molecule has 1 aromatic heterocycles. The Balaban J connectivity index is 1.65. The van der Waals surface area contributed by atoms with Crippen molar-refractivity contribution < 1.29 is 9.53 Å². The minimum atomic E-state index is 0.0932. The van der Waals surface area contributed by atoms with Crippen molar-refractivity contribution in [3.63, 3.8) is 0 Å². The van der Waals surface area contributed by atoms with Crippen molar-refractivity contribution >= 4 is 5.91 Å². The summed E-state index contributed by atoms with van der Waals surface area (Å²) in [7, 11) is 1.62. The molecular weight excluding hydrogens is 340 g/mol. The van der Waals surface area contributed by atoms with Crippen LogP contribution in [0, 0.1) is 12.8 Å². The highest BCUT2D eigenvalue weighted by atomic mass is 16.5. The summed E-state index contributed by atoms with van der Waals surface area (Å²) in [6.07, 6.45) is 1.48. The van der Waals surface area contributed by atoms with Crippen LogP contribution in [-0.2, 0) is 16.1 Å². The van der Waals surface area contributed by atoms with Crippen molar-refractivity contribution in [3.05, 3.63) is 58.0 Å². The fourth-order valence-corrected chi connectivity index (χ4v) is 4.58. The summed E-state index contributed by atoms with van der Waals surface area (Å²) in [4.78, 5) is 27.6. The predicted molar refractivity (Wildman–Crippen MR) is 105 cm³/mol. The first-order chi connectivity index (χ1) is 13.1. The summed E-state index contributed by atoms with van der Waals surface area (Å²) >= 11 is 0. The number of fused-ring (bicyclic) bond motifs is 4. The molecule has 1 amide bonds. The molecule has 2 atom stereocenters. The van der Waals surface area contributed by atoms with Gasteiger partial charge in [-0.15, -0.1) is 0 Å². The van der Waals surface area contributed by atoms with Crippen molar-refractivity contribution in [1.29, 1.82) is 0 Å². The fourth-order valence-electron chi connectivity index (χ4n) is 4.58. The Bertz CT molecular complexity index is 918. The average molecular weight is 366 g/mol. The van der Waals surface area contributed by atoms with Crippen LogP contribution in [0.15, 0.2) is 41.2 Å². The maximum atomic E-state index is 13.2. The first kappa shape index (κ1) is 18.0. The number of ether oxygens (including phenoxy) is 1. The molecule has 0 saturated carbocycles. The summed E-state index contributed by atoms with van der Waals surface area (Å²) < 4.78 is 7.00. The number of hydrogen-bond acceptors (Lipinski definition) is 3. The molecule has 3 heterocycles. The van der Waals surface area contributed by atoms with Gasteiger partial charge in [0.2, 0.25) is 5.91 Å². The Morgan fingerprint density at radius 3 is 2.70 bits per heavy atom. The van der Waals surface area contributed by atoms with E-state index in [-0.39, 0.29) is 17.4 Å². The lowest BCUT2D eigenvalue weighted by Gasteiger charge is -2.43. The number of amides is 1. The minimum absolute atomic E-state index is 0.0932. The quantitative estimate of drug-likeness (QED) is 0.836. The topological polar surface area (TPSA) is 51.5 Å². The Morgan fingerprint density at radius 1 is 1.11 bits per heavy atom. The largest absolute Gasteiger partial charge is 0.384 e. The molecule has 2 aliphatic rings. The van der Waals surface area contributed by atoms with Gasteiger partial charge in [-0.05, 0) is 42.5 Å². The third-order valence-electron chi connectivity index (χ3n) is 5.91. The van der Waals surface area contributed by atoms with Crippen LogP contribution in [0.3, 0.4) is 0 Å². The zero-order chi connectivity index (χ0) is 19.0. The van der Waals surface area contributed by atoms with Crippen LogP contribution in [-0.4, -0.2) is 42.2 Å². The molecule has 2 unspecified atom stereocenters. The second kappa shape index (κ2) is 7.31. The number of aryl methyl sites for hydroxylation is 1. The number of likely N-dealkylation sites (tertiary alicyclic amines) is 1. The van der Waals surface area contributed by atoms with Crippen molar-refractivity contribution in [3.8, 4) is 11.1 Å². The van der Waals surface area contributed by atoms with Crippen LogP contribution in [0.25, 0.3) is 11.1 Å². The van der Waals surface area contributed by atoms with Crippen LogP contribution in [0.4, 0.5) is 0 Å². The number of hydrogen-bond donors (Lipinski definition) is 0. The number of carbonyl (C=O) groups excluding carboxylic acids is 1. The summed E-state index contributed by atoms with van der Waals surface area (Å²) in [5.74, 6) is 0.731. The second-order valence-corrected chi connectivity index (χ2v) is 7.74. The van der Waals surface area contributed by atoms with Gasteiger partial charge in [0.25, 0.3) is 5.56 Å². The van der Waals surface area contributed by atoms with Gasteiger partial charge in [0.05, 0.1) is 13.0 Å². The lowest BCUT2D eigenvalue weighted by atomic mass is 9.82. The number of piperidine rings is 1. The lowest BCUT2D eigenvalue weighted by Crippen LogP contribution is -2.49. The van der Waals surface area contributed by atoms with Crippen LogP contribution in [0.1, 0.15) is 30.0 Å². The molecule has 0 radical (unpaired) electrons. The molecule has 2 bridgehead atoms. The standard InChI is InChI=1S/C22H26N2O3/c1-15-5-3-4-6-18(15)19-7-8-20-17-11-16(13-24(20)22(19)26)12-23(14-17)21(25)9-10-27-2/h3-8,16-17H,9-14H2,1-2H3. The molecule has 1 aromatic carbocycles. The van der Waals surface area contributed by atoms with Gasteiger partial charge in [0.15, 0.2) is 0 Å². The van der Waals surface area contributed by atoms with Gasteiger partial charge in [-0.25, -0.2) is 0 Å². The molecule has 2 aliphatic heterocycles. The van der Waals surface area contributed by atoms with Crippen molar-refractivity contribution in [1.82, 2.24) is 9.47 Å². The summed E-state index contributed by atoms with van der Waals surface area (Å²) in [6, 6.07) is 12.1. The van der Waals surface area contributed by atoms with Gasteiger partial charge >= 0.3 is 0 Å². The van der Waals surface area contributed by atoms with E-state index in [0.717, 1.165) is 35.3 Å². The van der Waals surface area contributed by atoms with E-state index in [4.69, 9.17) is 4.74 Å². The van der Waals surface area contributed by atoms with Gasteiger partial charge in [0, 0.05) is 43.9 Å². The van der Waals surface area contributed by atoms with Gasteiger partial charge < -0.3 is 14.2 Å². The van der Waals surface area contributed by atoms with Crippen molar-refractivity contribution in [2.24, 2.45) is 5.92 Å². The average Bonchev–Trinajstić information content (AvgIpc) is 2.67. The highest BCUT2D eigenvalue weighted by molar-refractivity contribution is 5.76. The predicted octanol–water partition coefficient (Wildman–Crippen LogP) is 2.81. The molecular formula is C22H26N2O3. The third kappa shape index (κ3) is 3.32. The van der Waals surface area contributed by atoms with E-state index < -0.39 is 0 Å². The van der Waals surface area contributed by atoms with E-state index in [0.29, 0.717) is 32.0 Å². The number of aromatic nitrogens is 1. The fraction of sp³-hybridized carbons (Fsp3) is 0.455. The van der Waals surface area contributed by atoms with E-state index >= 15 is 0 Å². The molecule has 5 nitrogen and oxygen atoms in total. The Labute approximate surface area is 159 Å². The van der Waals surface area contributed by atoms with Gasteiger partial charge in [-0.2, -0.15) is 0 Å². The molecule has 1 saturated heterocycles. The Hall–Kier alpha value is -2.40. The minimum Gasteiger partial charge on any atom is -0.384 e. The lowest BCUT2D eigenvalue weighted by molar-refractivity contribution is -0.134. The smallest absolute Gasteiger partial charge is 0.258 e. The van der Waals surface area contributed by atoms with Crippen molar-refractivity contribution in [2.75, 3.05) is 26.8 Å². The maximum absolute atomic E-state index is 13.2. The molecule has 2 aromatic rings. The first-order valence-electron chi connectivity index (χ1n) is 9.65. The number of nitrogens with zero attached hydrogens (tertiary/aromatic N) is 2. The van der Waals surface area contributed by atoms with Gasteiger partial charge in [0.1, 0.15) is 0 Å². The number of rotatable bonds is 4. The summed E-state index contributed by atoms with van der Waals surface area (Å²) in [6.45, 7) is 4.62. The Morgan fingerprint density at radius 2 is 1.93 bits per heavy atom. The molecule has 4 rings (SSSR count). The van der Waals surface area contributed by atoms with E-state index in [1.165, 1.54) is 0 Å². The molecule has 1 fully saturated rings. The Kier molecular flexibility index (Phi) is 4.87. The molecule has 27 heavy (non-hydrogen) atoms. The monoisotopic (exact) mass is 366 g/mol. The molecule has 5 heteroatoms. The van der Waals surface area contributed by atoms with Crippen molar-refractivity contribution in [2.45, 2.75) is 32.2 Å². The molecule has 0 aliphatic carbocycles. The van der Waals surface area contributed by atoms with Crippen LogP contribution in [0.2, 0.25) is 0 Å². The highest BCUT2D eigenvalue weighted by Gasteiger charge is 2.36. The number of methoxy groups -OCH3 is 1. The third-order valence-corrected chi connectivity index (χ3v) is 5.91.